The quantitative estimate of drug-likeness (QED) is 0.882. The average Bonchev–Trinajstić information content (AvgIpc) is 2.44. The lowest BCUT2D eigenvalue weighted by atomic mass is 10.2. The van der Waals surface area contributed by atoms with Crippen LogP contribution in [0.2, 0.25) is 5.02 Å². The van der Waals surface area contributed by atoms with E-state index in [0.29, 0.717) is 18.1 Å². The molecule has 0 atom stereocenters. The van der Waals surface area contributed by atoms with E-state index in [0.717, 1.165) is 11.1 Å². The lowest BCUT2D eigenvalue weighted by Crippen LogP contribution is -2.34. The minimum atomic E-state index is -0.191. The van der Waals surface area contributed by atoms with Crippen LogP contribution in [-0.2, 0) is 13.1 Å². The zero-order valence-electron chi connectivity index (χ0n) is 10.4. The van der Waals surface area contributed by atoms with Gasteiger partial charge in [-0.1, -0.05) is 54.1 Å². The van der Waals surface area contributed by atoms with Gasteiger partial charge in [0.05, 0.1) is 0 Å². The number of halogens is 1. The fourth-order valence-electron chi connectivity index (χ4n) is 1.67. The molecule has 2 amide bonds. The van der Waals surface area contributed by atoms with Crippen LogP contribution in [-0.4, -0.2) is 6.03 Å². The minimum absolute atomic E-state index is 0.191. The van der Waals surface area contributed by atoms with Crippen LogP contribution >= 0.6 is 11.6 Å². The molecule has 0 heterocycles. The molecule has 0 aliphatic heterocycles. The number of carbonyl (C=O) groups is 1. The van der Waals surface area contributed by atoms with Crippen molar-refractivity contribution in [1.29, 1.82) is 0 Å². The van der Waals surface area contributed by atoms with Gasteiger partial charge in [-0.25, -0.2) is 4.79 Å². The zero-order chi connectivity index (χ0) is 13.5. The molecule has 2 aromatic carbocycles. The molecular weight excluding hydrogens is 260 g/mol. The van der Waals surface area contributed by atoms with Crippen molar-refractivity contribution in [3.63, 3.8) is 0 Å². The first-order valence-corrected chi connectivity index (χ1v) is 6.42. The SMILES string of the molecule is O=C(NCc1ccccc1)NCc1cccc(Cl)c1. The van der Waals surface area contributed by atoms with Crippen LogP contribution < -0.4 is 10.6 Å². The minimum Gasteiger partial charge on any atom is -0.334 e. The van der Waals surface area contributed by atoms with Gasteiger partial charge in [0.2, 0.25) is 0 Å². The van der Waals surface area contributed by atoms with E-state index in [1.807, 2.05) is 48.5 Å². The van der Waals surface area contributed by atoms with E-state index >= 15 is 0 Å². The molecule has 2 rings (SSSR count). The summed E-state index contributed by atoms with van der Waals surface area (Å²) in [5, 5.41) is 6.26. The molecule has 3 nitrogen and oxygen atoms in total. The maximum atomic E-state index is 11.6. The van der Waals surface area contributed by atoms with Crippen molar-refractivity contribution in [2.24, 2.45) is 0 Å². The highest BCUT2D eigenvalue weighted by Gasteiger charge is 2.00. The Hall–Kier alpha value is -2.00. The normalized spacial score (nSPS) is 9.95. The van der Waals surface area contributed by atoms with Gasteiger partial charge in [0.1, 0.15) is 0 Å². The molecule has 0 aromatic heterocycles. The van der Waals surface area contributed by atoms with E-state index < -0.39 is 0 Å². The molecule has 0 aliphatic rings. The lowest BCUT2D eigenvalue weighted by Gasteiger charge is -2.08. The average molecular weight is 275 g/mol. The number of hydrogen-bond acceptors (Lipinski definition) is 1. The summed E-state index contributed by atoms with van der Waals surface area (Å²) in [6.45, 7) is 0.976. The van der Waals surface area contributed by atoms with E-state index in [2.05, 4.69) is 10.6 Å². The third-order valence-electron chi connectivity index (χ3n) is 2.64. The third kappa shape index (κ3) is 4.64. The van der Waals surface area contributed by atoms with Crippen LogP contribution in [0.25, 0.3) is 0 Å². The monoisotopic (exact) mass is 274 g/mol. The molecule has 0 saturated carbocycles. The predicted octanol–water partition coefficient (Wildman–Crippen LogP) is 3.34. The molecule has 2 aromatic rings. The number of benzene rings is 2. The molecule has 2 N–H and O–H groups in total. The number of rotatable bonds is 4. The molecule has 4 heteroatoms. The van der Waals surface area contributed by atoms with Crippen molar-refractivity contribution in [1.82, 2.24) is 10.6 Å². The Morgan fingerprint density at radius 1 is 0.895 bits per heavy atom. The molecule has 0 saturated heterocycles. The second-order valence-corrected chi connectivity index (χ2v) is 4.59. The Kier molecular flexibility index (Phi) is 4.81. The highest BCUT2D eigenvalue weighted by Crippen LogP contribution is 2.10. The van der Waals surface area contributed by atoms with Crippen molar-refractivity contribution >= 4 is 17.6 Å². The van der Waals surface area contributed by atoms with Crippen LogP contribution in [0.15, 0.2) is 54.6 Å². The molecule has 19 heavy (non-hydrogen) atoms. The van der Waals surface area contributed by atoms with Gasteiger partial charge in [0, 0.05) is 18.1 Å². The summed E-state index contributed by atoms with van der Waals surface area (Å²) in [6, 6.07) is 17.0. The van der Waals surface area contributed by atoms with Crippen LogP contribution in [0.5, 0.6) is 0 Å². The summed E-state index contributed by atoms with van der Waals surface area (Å²) >= 11 is 5.87. The number of carbonyl (C=O) groups excluding carboxylic acids is 1. The van der Waals surface area contributed by atoms with Crippen molar-refractivity contribution in [2.45, 2.75) is 13.1 Å². The van der Waals surface area contributed by atoms with Gasteiger partial charge in [-0.05, 0) is 23.3 Å². The summed E-state index contributed by atoms with van der Waals surface area (Å²) in [7, 11) is 0. The highest BCUT2D eigenvalue weighted by atomic mass is 35.5. The molecular formula is C15H15ClN2O. The van der Waals surface area contributed by atoms with Crippen molar-refractivity contribution in [3.8, 4) is 0 Å². The standard InChI is InChI=1S/C15H15ClN2O/c16-14-8-4-7-13(9-14)11-18-15(19)17-10-12-5-2-1-3-6-12/h1-9H,10-11H2,(H2,17,18,19). The maximum absolute atomic E-state index is 11.6. The van der Waals surface area contributed by atoms with E-state index in [9.17, 15) is 4.79 Å². The second kappa shape index (κ2) is 6.81. The van der Waals surface area contributed by atoms with Gasteiger partial charge in [0.15, 0.2) is 0 Å². The van der Waals surface area contributed by atoms with Gasteiger partial charge in [-0.2, -0.15) is 0 Å². The molecule has 98 valence electrons. The first-order valence-electron chi connectivity index (χ1n) is 6.04. The van der Waals surface area contributed by atoms with E-state index in [-0.39, 0.29) is 6.03 Å². The van der Waals surface area contributed by atoms with Gasteiger partial charge >= 0.3 is 6.03 Å². The summed E-state index contributed by atoms with van der Waals surface area (Å²) < 4.78 is 0. The third-order valence-corrected chi connectivity index (χ3v) is 2.87. The molecule has 0 radical (unpaired) electrons. The van der Waals surface area contributed by atoms with Gasteiger partial charge in [-0.15, -0.1) is 0 Å². The van der Waals surface area contributed by atoms with Crippen LogP contribution in [0.3, 0.4) is 0 Å². The molecule has 0 unspecified atom stereocenters. The van der Waals surface area contributed by atoms with E-state index in [4.69, 9.17) is 11.6 Å². The smallest absolute Gasteiger partial charge is 0.315 e. The van der Waals surface area contributed by atoms with Crippen molar-refractivity contribution in [2.75, 3.05) is 0 Å². The summed E-state index contributed by atoms with van der Waals surface area (Å²) in [5.74, 6) is 0. The van der Waals surface area contributed by atoms with E-state index in [1.165, 1.54) is 0 Å². The van der Waals surface area contributed by atoms with Crippen molar-refractivity contribution in [3.05, 3.63) is 70.7 Å². The van der Waals surface area contributed by atoms with Gasteiger partial charge in [0.25, 0.3) is 0 Å². The Morgan fingerprint density at radius 2 is 1.53 bits per heavy atom. The Morgan fingerprint density at radius 3 is 2.21 bits per heavy atom. The molecule has 0 fully saturated rings. The number of urea groups is 1. The largest absolute Gasteiger partial charge is 0.334 e. The van der Waals surface area contributed by atoms with Crippen LogP contribution in [0.1, 0.15) is 11.1 Å². The maximum Gasteiger partial charge on any atom is 0.315 e. The Labute approximate surface area is 117 Å². The van der Waals surface area contributed by atoms with Gasteiger partial charge < -0.3 is 10.6 Å². The van der Waals surface area contributed by atoms with Gasteiger partial charge in [-0.3, -0.25) is 0 Å². The summed E-state index contributed by atoms with van der Waals surface area (Å²) in [4.78, 5) is 11.6. The van der Waals surface area contributed by atoms with Crippen LogP contribution in [0.4, 0.5) is 4.79 Å². The summed E-state index contributed by atoms with van der Waals surface area (Å²) in [6.07, 6.45) is 0. The fraction of sp³-hybridized carbons (Fsp3) is 0.133. The van der Waals surface area contributed by atoms with Crippen molar-refractivity contribution < 1.29 is 4.79 Å². The Bertz CT molecular complexity index is 543. The van der Waals surface area contributed by atoms with E-state index in [1.54, 1.807) is 6.07 Å². The number of nitrogens with one attached hydrogen (secondary N) is 2. The number of hydrogen-bond donors (Lipinski definition) is 2. The molecule has 0 bridgehead atoms. The topological polar surface area (TPSA) is 41.1 Å². The second-order valence-electron chi connectivity index (χ2n) is 4.15. The van der Waals surface area contributed by atoms with Crippen LogP contribution in [0, 0.1) is 0 Å². The predicted molar refractivity (Wildman–Crippen MR) is 77.0 cm³/mol. The Balaban J connectivity index is 1.76. The zero-order valence-corrected chi connectivity index (χ0v) is 11.2. The molecule has 0 spiro atoms. The highest BCUT2D eigenvalue weighted by molar-refractivity contribution is 6.30. The molecule has 0 aliphatic carbocycles. The first kappa shape index (κ1) is 13.4. The lowest BCUT2D eigenvalue weighted by molar-refractivity contribution is 0.240. The fourth-order valence-corrected chi connectivity index (χ4v) is 1.88. The first-order chi connectivity index (χ1) is 9.24. The number of amides is 2. The summed E-state index contributed by atoms with van der Waals surface area (Å²) in [5.41, 5.74) is 2.04.